The van der Waals surface area contributed by atoms with Crippen molar-refractivity contribution in [1.82, 2.24) is 9.78 Å². The van der Waals surface area contributed by atoms with Crippen LogP contribution in [0.25, 0.3) is 0 Å². The molecule has 0 N–H and O–H groups in total. The van der Waals surface area contributed by atoms with E-state index in [0.717, 1.165) is 4.68 Å². The van der Waals surface area contributed by atoms with Gasteiger partial charge in [-0.15, -0.1) is 5.10 Å². The molecule has 0 aromatic carbocycles. The van der Waals surface area contributed by atoms with E-state index < -0.39 is 28.5 Å². The molecular formula is C15H19B2F3N2O3. The second kappa shape index (κ2) is 6.29. The van der Waals surface area contributed by atoms with Gasteiger partial charge in [0.1, 0.15) is 5.60 Å². The summed E-state index contributed by atoms with van der Waals surface area (Å²) in [5.41, 5.74) is -2.74. The fourth-order valence-corrected chi connectivity index (χ4v) is 2.50. The summed E-state index contributed by atoms with van der Waals surface area (Å²) < 4.78 is 50.6. The molecular weight excluding hydrogens is 335 g/mol. The first kappa shape index (κ1) is 19.7. The second-order valence-corrected chi connectivity index (χ2v) is 7.30. The van der Waals surface area contributed by atoms with Gasteiger partial charge in [-0.05, 0) is 40.0 Å². The van der Waals surface area contributed by atoms with Gasteiger partial charge in [-0.2, -0.15) is 17.9 Å². The monoisotopic (exact) mass is 354 g/mol. The van der Waals surface area contributed by atoms with Gasteiger partial charge in [0.05, 0.1) is 27.7 Å². The van der Waals surface area contributed by atoms with Crippen molar-refractivity contribution in [3.05, 3.63) is 12.3 Å². The Bertz CT molecular complexity index is 635. The Morgan fingerprint density at radius 1 is 1.32 bits per heavy atom. The molecule has 0 aliphatic heterocycles. The Kier molecular flexibility index (Phi) is 4.96. The lowest BCUT2D eigenvalue weighted by Gasteiger charge is -2.37. The van der Waals surface area contributed by atoms with E-state index in [9.17, 15) is 18.0 Å². The lowest BCUT2D eigenvalue weighted by atomic mass is 9.45. The summed E-state index contributed by atoms with van der Waals surface area (Å²) in [5.74, 6) is 0.0681. The number of hydrogen-bond donors (Lipinski definition) is 0. The summed E-state index contributed by atoms with van der Waals surface area (Å²) in [6.45, 7) is 4.98. The Hall–Kier alpha value is -1.60. The first-order valence-corrected chi connectivity index (χ1v) is 7.84. The molecule has 0 bridgehead atoms. The zero-order chi connectivity index (χ0) is 19.1. The third-order valence-electron chi connectivity index (χ3n) is 4.09. The molecule has 1 aromatic heterocycles. The molecule has 4 radical (unpaired) electrons. The van der Waals surface area contributed by atoms with Crippen LogP contribution in [0.1, 0.15) is 40.0 Å². The third kappa shape index (κ3) is 4.33. The lowest BCUT2D eigenvalue weighted by molar-refractivity contribution is -0.192. The zero-order valence-corrected chi connectivity index (χ0v) is 14.4. The van der Waals surface area contributed by atoms with E-state index in [1.807, 2.05) is 0 Å². The number of alkyl halides is 3. The smallest absolute Gasteiger partial charge is 0.435 e. The van der Waals surface area contributed by atoms with E-state index in [4.69, 9.17) is 25.2 Å². The van der Waals surface area contributed by atoms with Crippen LogP contribution in [0.15, 0.2) is 12.3 Å². The fraction of sp³-hybridized carbons (Fsp3) is 0.733. The van der Waals surface area contributed by atoms with E-state index in [1.165, 1.54) is 12.3 Å². The van der Waals surface area contributed by atoms with E-state index in [2.05, 4.69) is 5.10 Å². The van der Waals surface area contributed by atoms with Crippen molar-refractivity contribution in [2.24, 2.45) is 5.41 Å². The Balaban J connectivity index is 1.90. The van der Waals surface area contributed by atoms with E-state index in [0.29, 0.717) is 0 Å². The van der Waals surface area contributed by atoms with Gasteiger partial charge in [-0.25, -0.2) is 4.79 Å². The lowest BCUT2D eigenvalue weighted by Crippen LogP contribution is -2.39. The predicted octanol–water partition coefficient (Wildman–Crippen LogP) is 3.23. The highest BCUT2D eigenvalue weighted by Crippen LogP contribution is 2.69. The van der Waals surface area contributed by atoms with Crippen LogP contribution in [-0.2, 0) is 4.74 Å². The maximum Gasteiger partial charge on any atom is 0.435 e. The van der Waals surface area contributed by atoms with Crippen LogP contribution in [0, 0.1) is 5.41 Å². The van der Waals surface area contributed by atoms with Crippen LogP contribution < -0.4 is 4.74 Å². The number of carbonyl (C=O) groups excluding carboxylic acids is 1. The van der Waals surface area contributed by atoms with Crippen molar-refractivity contribution in [3.63, 3.8) is 0 Å². The van der Waals surface area contributed by atoms with Crippen LogP contribution in [0.4, 0.5) is 18.0 Å². The number of hydrogen-bond acceptors (Lipinski definition) is 4. The summed E-state index contributed by atoms with van der Waals surface area (Å²) in [5, 5.41) is 1.94. The SMILES string of the molecule is [B]C([B])(CCOc1ccn(C(=O)OC(C)(C)C)n1)C1(C(F)(F)F)CC1. The molecule has 1 aliphatic rings. The van der Waals surface area contributed by atoms with Gasteiger partial charge < -0.3 is 9.47 Å². The summed E-state index contributed by atoms with van der Waals surface area (Å²) in [7, 11) is 11.4. The predicted molar refractivity (Wildman–Crippen MR) is 85.9 cm³/mol. The molecule has 1 saturated carbocycles. The van der Waals surface area contributed by atoms with Crippen LogP contribution in [0.5, 0.6) is 5.88 Å². The molecule has 0 unspecified atom stereocenters. The summed E-state index contributed by atoms with van der Waals surface area (Å²) >= 11 is 0. The standard InChI is InChI=1S/C15H19B2F3N2O3/c1-12(2,3)25-11(23)22-8-4-10(21-22)24-9-7-14(16,17)13(5-6-13)15(18,19)20/h4,8H,5-7,9H2,1-3H3. The third-order valence-corrected chi connectivity index (χ3v) is 4.09. The summed E-state index contributed by atoms with van der Waals surface area (Å²) in [4.78, 5) is 11.8. The number of ether oxygens (including phenoxy) is 2. The largest absolute Gasteiger partial charge is 0.477 e. The van der Waals surface area contributed by atoms with Gasteiger partial charge in [0, 0.05) is 12.3 Å². The normalized spacial score (nSPS) is 17.2. The van der Waals surface area contributed by atoms with Crippen LogP contribution in [0.2, 0.25) is 5.21 Å². The van der Waals surface area contributed by atoms with E-state index in [-0.39, 0.29) is 31.7 Å². The van der Waals surface area contributed by atoms with Gasteiger partial charge >= 0.3 is 12.3 Å². The number of nitrogens with zero attached hydrogens (tertiary/aromatic N) is 2. The number of rotatable bonds is 5. The molecule has 0 atom stereocenters. The molecule has 0 saturated heterocycles. The summed E-state index contributed by atoms with van der Waals surface area (Å²) in [6, 6.07) is 1.40. The minimum atomic E-state index is -4.45. The highest BCUT2D eigenvalue weighted by molar-refractivity contribution is 6.40. The molecule has 0 spiro atoms. The number of halogens is 3. The summed E-state index contributed by atoms with van der Waals surface area (Å²) in [6.07, 6.45) is -4.18. The van der Waals surface area contributed by atoms with Crippen molar-refractivity contribution in [1.29, 1.82) is 0 Å². The Morgan fingerprint density at radius 2 is 1.92 bits per heavy atom. The molecule has 1 heterocycles. The van der Waals surface area contributed by atoms with Gasteiger partial charge in [-0.3, -0.25) is 0 Å². The first-order valence-electron chi connectivity index (χ1n) is 7.84. The molecule has 2 rings (SSSR count). The quantitative estimate of drug-likeness (QED) is 0.762. The molecule has 10 heteroatoms. The zero-order valence-electron chi connectivity index (χ0n) is 14.4. The van der Waals surface area contributed by atoms with Crippen LogP contribution >= 0.6 is 0 Å². The molecule has 25 heavy (non-hydrogen) atoms. The van der Waals surface area contributed by atoms with E-state index in [1.54, 1.807) is 20.8 Å². The van der Waals surface area contributed by atoms with Gasteiger partial charge in [0.2, 0.25) is 5.88 Å². The molecule has 0 amide bonds. The fourth-order valence-electron chi connectivity index (χ4n) is 2.50. The average Bonchev–Trinajstić information content (AvgIpc) is 3.12. The minimum Gasteiger partial charge on any atom is -0.477 e. The van der Waals surface area contributed by atoms with Gasteiger partial charge in [-0.1, -0.05) is 5.21 Å². The maximum absolute atomic E-state index is 13.1. The van der Waals surface area contributed by atoms with Crippen molar-refractivity contribution < 1.29 is 27.4 Å². The number of carbonyl (C=O) groups is 1. The molecule has 5 nitrogen and oxygen atoms in total. The van der Waals surface area contributed by atoms with Gasteiger partial charge in [0.25, 0.3) is 0 Å². The molecule has 1 aromatic rings. The molecule has 1 aliphatic carbocycles. The first-order chi connectivity index (χ1) is 11.3. The molecule has 1 fully saturated rings. The highest BCUT2D eigenvalue weighted by Gasteiger charge is 2.68. The second-order valence-electron chi connectivity index (χ2n) is 7.30. The number of aromatic nitrogens is 2. The minimum absolute atomic E-state index is 0.0681. The van der Waals surface area contributed by atoms with Crippen molar-refractivity contribution in [2.45, 2.75) is 57.0 Å². The Labute approximate surface area is 147 Å². The average molecular weight is 354 g/mol. The highest BCUT2D eigenvalue weighted by atomic mass is 19.4. The van der Waals surface area contributed by atoms with E-state index >= 15 is 0 Å². The molecule has 134 valence electrons. The topological polar surface area (TPSA) is 53.4 Å². The van der Waals surface area contributed by atoms with Crippen LogP contribution in [-0.4, -0.2) is 50.0 Å². The van der Waals surface area contributed by atoms with Gasteiger partial charge in [0.15, 0.2) is 0 Å². The van der Waals surface area contributed by atoms with Crippen LogP contribution in [0.3, 0.4) is 0 Å². The Morgan fingerprint density at radius 3 is 2.40 bits per heavy atom. The van der Waals surface area contributed by atoms with Crippen molar-refractivity contribution >= 4 is 21.8 Å². The van der Waals surface area contributed by atoms with Crippen molar-refractivity contribution in [3.8, 4) is 5.88 Å². The van der Waals surface area contributed by atoms with Crippen molar-refractivity contribution in [2.75, 3.05) is 6.61 Å². The maximum atomic E-state index is 13.1.